The van der Waals surface area contributed by atoms with E-state index in [0.29, 0.717) is 27.4 Å². The van der Waals surface area contributed by atoms with Crippen LogP contribution in [0.25, 0.3) is 12.2 Å². The van der Waals surface area contributed by atoms with Crippen LogP contribution < -0.4 is 19.5 Å². The molecule has 1 aromatic heterocycles. The molecule has 156 valence electrons. The SMILES string of the molecule is CCOC(=O)C=c1sc(=Cc2ccc(Cl)cc2)c(=O)n1CCOc1ccc(C)cc1. The van der Waals surface area contributed by atoms with Gasteiger partial charge in [-0.25, -0.2) is 4.79 Å². The lowest BCUT2D eigenvalue weighted by molar-refractivity contribution is -0.135. The number of nitrogens with zero attached hydrogens (tertiary/aromatic N) is 1. The molecular weight excluding hydrogens is 422 g/mol. The first-order valence-corrected chi connectivity index (χ1v) is 10.7. The molecule has 0 saturated carbocycles. The molecule has 0 unspecified atom stereocenters. The molecule has 0 aliphatic carbocycles. The number of ether oxygens (including phenoxy) is 2. The summed E-state index contributed by atoms with van der Waals surface area (Å²) in [5.41, 5.74) is 1.81. The molecule has 0 radical (unpaired) electrons. The summed E-state index contributed by atoms with van der Waals surface area (Å²) in [5, 5.41) is 0.625. The van der Waals surface area contributed by atoms with E-state index in [4.69, 9.17) is 21.1 Å². The van der Waals surface area contributed by atoms with Crippen molar-refractivity contribution in [2.75, 3.05) is 13.2 Å². The highest BCUT2D eigenvalue weighted by Crippen LogP contribution is 2.11. The lowest BCUT2D eigenvalue weighted by atomic mass is 10.2. The van der Waals surface area contributed by atoms with Crippen molar-refractivity contribution in [2.45, 2.75) is 20.4 Å². The van der Waals surface area contributed by atoms with Crippen LogP contribution in [0, 0.1) is 6.92 Å². The van der Waals surface area contributed by atoms with Crippen LogP contribution >= 0.6 is 22.9 Å². The maximum absolute atomic E-state index is 13.0. The molecule has 3 rings (SSSR count). The Morgan fingerprint density at radius 1 is 1.13 bits per heavy atom. The monoisotopic (exact) mass is 443 g/mol. The van der Waals surface area contributed by atoms with Crippen LogP contribution in [0.2, 0.25) is 5.02 Å². The minimum atomic E-state index is -0.481. The molecule has 5 nitrogen and oxygen atoms in total. The van der Waals surface area contributed by atoms with Gasteiger partial charge in [-0.1, -0.05) is 41.4 Å². The van der Waals surface area contributed by atoms with Gasteiger partial charge < -0.3 is 9.47 Å². The normalized spacial score (nSPS) is 12.2. The second-order valence-electron chi connectivity index (χ2n) is 6.52. The Bertz CT molecular complexity index is 1180. The number of aryl methyl sites for hydroxylation is 1. The van der Waals surface area contributed by atoms with Gasteiger partial charge in [0.05, 0.1) is 23.8 Å². The smallest absolute Gasteiger partial charge is 0.333 e. The van der Waals surface area contributed by atoms with E-state index in [1.807, 2.05) is 43.3 Å². The highest BCUT2D eigenvalue weighted by atomic mass is 35.5. The molecule has 1 heterocycles. The number of halogens is 1. The number of benzene rings is 2. The molecule has 3 aromatic rings. The summed E-state index contributed by atoms with van der Waals surface area (Å²) in [5.74, 6) is 0.248. The van der Waals surface area contributed by atoms with Gasteiger partial charge in [0.25, 0.3) is 5.56 Å². The zero-order valence-electron chi connectivity index (χ0n) is 16.8. The Morgan fingerprint density at radius 2 is 1.83 bits per heavy atom. The molecule has 7 heteroatoms. The maximum atomic E-state index is 13.0. The van der Waals surface area contributed by atoms with Crippen LogP contribution in [0.5, 0.6) is 5.75 Å². The molecule has 0 N–H and O–H groups in total. The fourth-order valence-electron chi connectivity index (χ4n) is 2.74. The van der Waals surface area contributed by atoms with Crippen LogP contribution in [0.15, 0.2) is 53.3 Å². The van der Waals surface area contributed by atoms with E-state index in [1.54, 1.807) is 25.1 Å². The standard InChI is InChI=1S/C23H22ClNO4S/c1-3-28-22(26)15-21-25(12-13-29-19-10-4-16(2)5-11-19)23(27)20(30-21)14-17-6-8-18(24)9-7-17/h4-11,14-15H,3,12-13H2,1-2H3. The van der Waals surface area contributed by atoms with E-state index in [-0.39, 0.29) is 12.2 Å². The first kappa shape index (κ1) is 21.9. The third-order valence-electron chi connectivity index (χ3n) is 4.24. The van der Waals surface area contributed by atoms with Crippen molar-refractivity contribution in [1.29, 1.82) is 0 Å². The van der Waals surface area contributed by atoms with Gasteiger partial charge in [0.15, 0.2) is 0 Å². The van der Waals surface area contributed by atoms with E-state index < -0.39 is 5.97 Å². The number of carbonyl (C=O) groups is 1. The Hall–Kier alpha value is -2.83. The average molecular weight is 444 g/mol. The Kier molecular flexibility index (Phi) is 7.49. The highest BCUT2D eigenvalue weighted by molar-refractivity contribution is 7.07. The summed E-state index contributed by atoms with van der Waals surface area (Å²) in [6, 6.07) is 14.9. The number of rotatable bonds is 7. The fraction of sp³-hybridized carbons (Fsp3) is 0.217. The number of hydrogen-bond acceptors (Lipinski definition) is 5. The molecule has 30 heavy (non-hydrogen) atoms. The van der Waals surface area contributed by atoms with Crippen LogP contribution in [0.3, 0.4) is 0 Å². The second-order valence-corrected chi connectivity index (χ2v) is 8.01. The largest absolute Gasteiger partial charge is 0.492 e. The predicted molar refractivity (Wildman–Crippen MR) is 121 cm³/mol. The van der Waals surface area contributed by atoms with E-state index in [9.17, 15) is 9.59 Å². The Balaban J connectivity index is 1.91. The van der Waals surface area contributed by atoms with Crippen LogP contribution in [-0.4, -0.2) is 23.8 Å². The van der Waals surface area contributed by atoms with Gasteiger partial charge in [0.2, 0.25) is 0 Å². The molecule has 0 saturated heterocycles. The molecule has 0 atom stereocenters. The topological polar surface area (TPSA) is 57.5 Å². The maximum Gasteiger partial charge on any atom is 0.333 e. The van der Waals surface area contributed by atoms with Crippen molar-refractivity contribution in [2.24, 2.45) is 0 Å². The molecule has 2 aromatic carbocycles. The molecule has 0 aliphatic rings. The first-order chi connectivity index (χ1) is 14.5. The molecular formula is C23H22ClNO4S. The molecule has 0 fully saturated rings. The predicted octanol–water partition coefficient (Wildman–Crippen LogP) is 3.12. The third-order valence-corrected chi connectivity index (χ3v) is 5.55. The summed E-state index contributed by atoms with van der Waals surface area (Å²) in [4.78, 5) is 24.9. The number of esters is 1. The Morgan fingerprint density at radius 3 is 2.50 bits per heavy atom. The fourth-order valence-corrected chi connectivity index (χ4v) is 3.92. The molecule has 0 amide bonds. The van der Waals surface area contributed by atoms with Crippen molar-refractivity contribution in [3.63, 3.8) is 0 Å². The van der Waals surface area contributed by atoms with Crippen molar-refractivity contribution in [3.05, 3.63) is 84.2 Å². The number of carbonyl (C=O) groups excluding carboxylic acids is 1. The second kappa shape index (κ2) is 10.3. The summed E-state index contributed by atoms with van der Waals surface area (Å²) in [6.45, 7) is 4.62. The van der Waals surface area contributed by atoms with Crippen LogP contribution in [-0.2, 0) is 16.1 Å². The van der Waals surface area contributed by atoms with E-state index in [1.165, 1.54) is 22.0 Å². The summed E-state index contributed by atoms with van der Waals surface area (Å²) < 4.78 is 13.3. The molecule has 0 aliphatic heterocycles. The van der Waals surface area contributed by atoms with Gasteiger partial charge in [0, 0.05) is 5.02 Å². The number of aromatic nitrogens is 1. The van der Waals surface area contributed by atoms with Gasteiger partial charge in [-0.05, 0) is 49.8 Å². The van der Waals surface area contributed by atoms with Crippen LogP contribution in [0.4, 0.5) is 0 Å². The van der Waals surface area contributed by atoms with E-state index in [2.05, 4.69) is 0 Å². The number of hydrogen-bond donors (Lipinski definition) is 0. The summed E-state index contributed by atoms with van der Waals surface area (Å²) in [7, 11) is 0. The zero-order chi connectivity index (χ0) is 21.5. The van der Waals surface area contributed by atoms with Crippen molar-refractivity contribution >= 4 is 41.1 Å². The van der Waals surface area contributed by atoms with Crippen molar-refractivity contribution in [3.8, 4) is 5.75 Å². The molecule has 0 spiro atoms. The van der Waals surface area contributed by atoms with E-state index >= 15 is 0 Å². The number of thiazole rings is 1. The molecule has 0 bridgehead atoms. The third kappa shape index (κ3) is 5.84. The first-order valence-electron chi connectivity index (χ1n) is 9.51. The van der Waals surface area contributed by atoms with Gasteiger partial charge in [-0.15, -0.1) is 11.3 Å². The summed E-state index contributed by atoms with van der Waals surface area (Å²) >= 11 is 7.17. The van der Waals surface area contributed by atoms with Crippen molar-refractivity contribution in [1.82, 2.24) is 4.57 Å². The Labute approximate surface area is 183 Å². The van der Waals surface area contributed by atoms with Gasteiger partial charge in [-0.2, -0.15) is 0 Å². The quantitative estimate of drug-likeness (QED) is 0.526. The lowest BCUT2D eigenvalue weighted by Crippen LogP contribution is -2.33. The van der Waals surface area contributed by atoms with Gasteiger partial charge >= 0.3 is 5.97 Å². The van der Waals surface area contributed by atoms with Crippen molar-refractivity contribution < 1.29 is 14.3 Å². The van der Waals surface area contributed by atoms with Crippen LogP contribution in [0.1, 0.15) is 18.1 Å². The summed E-state index contributed by atoms with van der Waals surface area (Å²) in [6.07, 6.45) is 3.13. The average Bonchev–Trinajstić information content (AvgIpc) is 3.00. The van der Waals surface area contributed by atoms with E-state index in [0.717, 1.165) is 16.9 Å². The van der Waals surface area contributed by atoms with Gasteiger partial charge in [-0.3, -0.25) is 9.36 Å². The van der Waals surface area contributed by atoms with Gasteiger partial charge in [0.1, 0.15) is 17.0 Å². The zero-order valence-corrected chi connectivity index (χ0v) is 18.3. The minimum absolute atomic E-state index is 0.182. The minimum Gasteiger partial charge on any atom is -0.492 e. The highest BCUT2D eigenvalue weighted by Gasteiger charge is 2.08. The lowest BCUT2D eigenvalue weighted by Gasteiger charge is -2.07.